The number of hydrogen-bond acceptors (Lipinski definition) is 4. The summed E-state index contributed by atoms with van der Waals surface area (Å²) in [6, 6.07) is 8.92. The molecule has 1 N–H and O–H groups in total. The van der Waals surface area contributed by atoms with Crippen molar-refractivity contribution >= 4 is 17.5 Å². The van der Waals surface area contributed by atoms with Crippen LogP contribution in [0.3, 0.4) is 0 Å². The van der Waals surface area contributed by atoms with Crippen molar-refractivity contribution in [2.75, 3.05) is 0 Å². The van der Waals surface area contributed by atoms with Gasteiger partial charge in [-0.25, -0.2) is 9.67 Å². The minimum absolute atomic E-state index is 0.00345. The van der Waals surface area contributed by atoms with E-state index in [2.05, 4.69) is 15.4 Å². The van der Waals surface area contributed by atoms with Gasteiger partial charge in [0.15, 0.2) is 0 Å². The highest BCUT2D eigenvalue weighted by atomic mass is 35.5. The summed E-state index contributed by atoms with van der Waals surface area (Å²) >= 11 is 6.07. The molecule has 1 atom stereocenters. The van der Waals surface area contributed by atoms with E-state index in [4.69, 9.17) is 16.9 Å². The van der Waals surface area contributed by atoms with Crippen LogP contribution in [0.5, 0.6) is 0 Å². The molecule has 0 aliphatic heterocycles. The summed E-state index contributed by atoms with van der Waals surface area (Å²) in [4.78, 5) is 15.6. The fraction of sp³-hybridized carbons (Fsp3) is 0.231. The number of amides is 1. The molecule has 1 heterocycles. The third-order valence-corrected chi connectivity index (χ3v) is 3.04. The highest BCUT2D eigenvalue weighted by Gasteiger charge is 2.13. The van der Waals surface area contributed by atoms with E-state index in [1.807, 2.05) is 25.1 Å². The first-order valence-corrected chi connectivity index (χ1v) is 6.31. The molecule has 20 heavy (non-hydrogen) atoms. The van der Waals surface area contributed by atoms with E-state index in [0.717, 1.165) is 5.56 Å². The van der Waals surface area contributed by atoms with Gasteiger partial charge < -0.3 is 5.32 Å². The molecule has 0 saturated carbocycles. The van der Waals surface area contributed by atoms with E-state index in [9.17, 15) is 4.79 Å². The Labute approximate surface area is 121 Å². The van der Waals surface area contributed by atoms with E-state index in [1.54, 1.807) is 12.1 Å². The quantitative estimate of drug-likeness (QED) is 0.928. The van der Waals surface area contributed by atoms with Gasteiger partial charge in [-0.15, -0.1) is 5.10 Å². The van der Waals surface area contributed by atoms with Gasteiger partial charge in [0.2, 0.25) is 5.91 Å². The van der Waals surface area contributed by atoms with Crippen LogP contribution < -0.4 is 5.32 Å². The predicted octanol–water partition coefficient (Wildman–Crippen LogP) is 1.68. The lowest BCUT2D eigenvalue weighted by Crippen LogP contribution is -2.30. The Hall–Kier alpha value is -2.39. The monoisotopic (exact) mass is 289 g/mol. The number of nitrogens with one attached hydrogen (secondary N) is 1. The largest absolute Gasteiger partial charge is 0.348 e. The molecule has 2 rings (SSSR count). The van der Waals surface area contributed by atoms with Crippen LogP contribution in [0.15, 0.2) is 30.6 Å². The van der Waals surface area contributed by atoms with Gasteiger partial charge in [0.25, 0.3) is 5.82 Å². The minimum atomic E-state index is -0.230. The van der Waals surface area contributed by atoms with Gasteiger partial charge in [0.1, 0.15) is 18.9 Å². The zero-order chi connectivity index (χ0) is 14.5. The van der Waals surface area contributed by atoms with E-state index >= 15 is 0 Å². The van der Waals surface area contributed by atoms with Crippen LogP contribution in [0.25, 0.3) is 0 Å². The first-order valence-electron chi connectivity index (χ1n) is 5.93. The van der Waals surface area contributed by atoms with Crippen molar-refractivity contribution in [3.05, 3.63) is 47.0 Å². The average molecular weight is 290 g/mol. The number of carbonyl (C=O) groups is 1. The third-order valence-electron chi connectivity index (χ3n) is 2.69. The topological polar surface area (TPSA) is 83.6 Å². The lowest BCUT2D eigenvalue weighted by Gasteiger charge is -2.15. The van der Waals surface area contributed by atoms with Gasteiger partial charge in [-0.3, -0.25) is 4.79 Å². The molecule has 0 aliphatic carbocycles. The molecule has 0 spiro atoms. The number of benzene rings is 1. The van der Waals surface area contributed by atoms with Gasteiger partial charge in [-0.1, -0.05) is 29.8 Å². The maximum atomic E-state index is 11.9. The molecule has 102 valence electrons. The van der Waals surface area contributed by atoms with E-state index in [0.29, 0.717) is 5.02 Å². The Morgan fingerprint density at radius 1 is 1.55 bits per heavy atom. The lowest BCUT2D eigenvalue weighted by atomic mass is 10.1. The number of rotatable bonds is 4. The van der Waals surface area contributed by atoms with Crippen LogP contribution in [0.4, 0.5) is 0 Å². The van der Waals surface area contributed by atoms with Gasteiger partial charge in [0, 0.05) is 5.02 Å². The Kier molecular flexibility index (Phi) is 4.33. The number of hydrogen-bond donors (Lipinski definition) is 1. The van der Waals surface area contributed by atoms with Crippen molar-refractivity contribution in [2.45, 2.75) is 19.5 Å². The number of nitrogens with zero attached hydrogens (tertiary/aromatic N) is 4. The first-order chi connectivity index (χ1) is 9.60. The molecule has 0 aliphatic rings. The summed E-state index contributed by atoms with van der Waals surface area (Å²) in [6.45, 7) is 1.85. The summed E-state index contributed by atoms with van der Waals surface area (Å²) in [5.41, 5.74) is 0.846. The summed E-state index contributed by atoms with van der Waals surface area (Å²) < 4.78 is 1.31. The van der Waals surface area contributed by atoms with Crippen molar-refractivity contribution < 1.29 is 4.79 Å². The molecule has 6 nitrogen and oxygen atoms in total. The second-order valence-corrected chi connectivity index (χ2v) is 4.60. The first kappa shape index (κ1) is 14.0. The van der Waals surface area contributed by atoms with Crippen molar-refractivity contribution in [3.63, 3.8) is 0 Å². The molecule has 0 bridgehead atoms. The summed E-state index contributed by atoms with van der Waals surface area (Å²) in [5.74, 6) is -0.191. The van der Waals surface area contributed by atoms with Gasteiger partial charge >= 0.3 is 0 Å². The lowest BCUT2D eigenvalue weighted by molar-refractivity contribution is -0.122. The van der Waals surface area contributed by atoms with Crippen LogP contribution in [-0.2, 0) is 11.3 Å². The molecule has 0 unspecified atom stereocenters. The van der Waals surface area contributed by atoms with Crippen molar-refractivity contribution in [2.24, 2.45) is 0 Å². The normalized spacial score (nSPS) is 11.7. The second-order valence-electron chi connectivity index (χ2n) is 4.19. The fourth-order valence-corrected chi connectivity index (χ4v) is 2.06. The summed E-state index contributed by atoms with van der Waals surface area (Å²) in [6.07, 6.45) is 1.35. The molecule has 0 saturated heterocycles. The van der Waals surface area contributed by atoms with E-state index < -0.39 is 0 Å². The number of halogens is 1. The Balaban J connectivity index is 1.98. The van der Waals surface area contributed by atoms with Gasteiger partial charge in [-0.2, -0.15) is 5.26 Å². The van der Waals surface area contributed by atoms with Crippen molar-refractivity contribution in [3.8, 4) is 6.07 Å². The van der Waals surface area contributed by atoms with Crippen molar-refractivity contribution in [1.82, 2.24) is 20.1 Å². The SMILES string of the molecule is C[C@H](NC(=O)Cn1cnc(C#N)n1)c1ccccc1Cl. The second kappa shape index (κ2) is 6.17. The maximum absolute atomic E-state index is 11.9. The standard InChI is InChI=1S/C13H12ClN5O/c1-9(10-4-2-3-5-11(10)14)17-13(20)7-19-8-16-12(6-15)18-19/h2-5,8-9H,7H2,1H3,(H,17,20)/t9-/m0/s1. The van der Waals surface area contributed by atoms with Crippen LogP contribution in [0.2, 0.25) is 5.02 Å². The fourth-order valence-electron chi connectivity index (χ4n) is 1.76. The molecule has 2 aromatic rings. The van der Waals surface area contributed by atoms with E-state index in [1.165, 1.54) is 11.0 Å². The zero-order valence-electron chi connectivity index (χ0n) is 10.7. The number of nitriles is 1. The number of carbonyl (C=O) groups excluding carboxylic acids is 1. The maximum Gasteiger partial charge on any atom is 0.252 e. The molecule has 1 amide bonds. The molecule has 1 aromatic carbocycles. The van der Waals surface area contributed by atoms with Crippen LogP contribution >= 0.6 is 11.6 Å². The highest BCUT2D eigenvalue weighted by molar-refractivity contribution is 6.31. The summed E-state index contributed by atoms with van der Waals surface area (Å²) in [7, 11) is 0. The molecule has 0 radical (unpaired) electrons. The molecular formula is C13H12ClN5O. The highest BCUT2D eigenvalue weighted by Crippen LogP contribution is 2.21. The Morgan fingerprint density at radius 2 is 2.30 bits per heavy atom. The average Bonchev–Trinajstić information content (AvgIpc) is 2.86. The minimum Gasteiger partial charge on any atom is -0.348 e. The molecule has 1 aromatic heterocycles. The Bertz CT molecular complexity index is 661. The Morgan fingerprint density at radius 3 is 2.95 bits per heavy atom. The zero-order valence-corrected chi connectivity index (χ0v) is 11.5. The van der Waals surface area contributed by atoms with Gasteiger partial charge in [0.05, 0.1) is 6.04 Å². The molecular weight excluding hydrogens is 278 g/mol. The smallest absolute Gasteiger partial charge is 0.252 e. The van der Waals surface area contributed by atoms with Crippen LogP contribution in [0.1, 0.15) is 24.4 Å². The molecule has 0 fully saturated rings. The van der Waals surface area contributed by atoms with Crippen molar-refractivity contribution in [1.29, 1.82) is 5.26 Å². The molecule has 7 heteroatoms. The van der Waals surface area contributed by atoms with Crippen LogP contribution in [-0.4, -0.2) is 20.7 Å². The van der Waals surface area contributed by atoms with Gasteiger partial charge in [-0.05, 0) is 18.6 Å². The predicted molar refractivity (Wildman–Crippen MR) is 72.7 cm³/mol. The third kappa shape index (κ3) is 3.33. The van der Waals surface area contributed by atoms with E-state index in [-0.39, 0.29) is 24.3 Å². The summed E-state index contributed by atoms with van der Waals surface area (Å²) in [5, 5.41) is 15.9. The number of aromatic nitrogens is 3. The van der Waals surface area contributed by atoms with Crippen LogP contribution in [0, 0.1) is 11.3 Å².